The highest BCUT2D eigenvalue weighted by Gasteiger charge is 2.16. The molecule has 0 aliphatic carbocycles. The quantitative estimate of drug-likeness (QED) is 0.710. The average molecular weight is 325 g/mol. The SMILES string of the molecule is Cc1ccccc1C(=O)N[C@H](C)c1cc(Cl)nc2ccccc12. The van der Waals surface area contributed by atoms with Crippen LogP contribution < -0.4 is 5.32 Å². The third-order valence-electron chi connectivity index (χ3n) is 3.92. The number of nitrogens with one attached hydrogen (secondary N) is 1. The smallest absolute Gasteiger partial charge is 0.252 e. The van der Waals surface area contributed by atoms with Gasteiger partial charge in [0, 0.05) is 10.9 Å². The Morgan fingerprint density at radius 2 is 1.83 bits per heavy atom. The molecule has 0 saturated heterocycles. The van der Waals surface area contributed by atoms with E-state index >= 15 is 0 Å². The summed E-state index contributed by atoms with van der Waals surface area (Å²) in [5.41, 5.74) is 3.42. The van der Waals surface area contributed by atoms with E-state index in [9.17, 15) is 4.79 Å². The topological polar surface area (TPSA) is 42.0 Å². The van der Waals surface area contributed by atoms with Gasteiger partial charge in [-0.15, -0.1) is 0 Å². The van der Waals surface area contributed by atoms with Crippen LogP contribution in [0, 0.1) is 6.92 Å². The Balaban J connectivity index is 1.94. The minimum Gasteiger partial charge on any atom is -0.345 e. The molecule has 23 heavy (non-hydrogen) atoms. The van der Waals surface area contributed by atoms with Crippen LogP contribution in [0.4, 0.5) is 0 Å². The second-order valence-electron chi connectivity index (χ2n) is 5.56. The maximum absolute atomic E-state index is 12.5. The zero-order valence-electron chi connectivity index (χ0n) is 13.0. The fraction of sp³-hybridized carbons (Fsp3) is 0.158. The van der Waals surface area contributed by atoms with Gasteiger partial charge in [0.15, 0.2) is 0 Å². The molecule has 0 unspecified atom stereocenters. The summed E-state index contributed by atoms with van der Waals surface area (Å²) in [6.45, 7) is 3.88. The van der Waals surface area contributed by atoms with Crippen molar-refractivity contribution in [1.29, 1.82) is 0 Å². The summed E-state index contributed by atoms with van der Waals surface area (Å²) in [6.07, 6.45) is 0. The molecule has 1 amide bonds. The summed E-state index contributed by atoms with van der Waals surface area (Å²) in [7, 11) is 0. The van der Waals surface area contributed by atoms with Crippen LogP contribution in [-0.2, 0) is 0 Å². The van der Waals surface area contributed by atoms with Crippen molar-refractivity contribution >= 4 is 28.4 Å². The molecular weight excluding hydrogens is 308 g/mol. The van der Waals surface area contributed by atoms with E-state index in [-0.39, 0.29) is 11.9 Å². The number of aromatic nitrogens is 1. The number of aryl methyl sites for hydroxylation is 1. The van der Waals surface area contributed by atoms with E-state index in [1.54, 1.807) is 0 Å². The summed E-state index contributed by atoms with van der Waals surface area (Å²) in [5.74, 6) is -0.0902. The number of hydrogen-bond acceptors (Lipinski definition) is 2. The zero-order valence-corrected chi connectivity index (χ0v) is 13.8. The van der Waals surface area contributed by atoms with Crippen LogP contribution in [0.1, 0.15) is 34.5 Å². The Kier molecular flexibility index (Phi) is 4.30. The van der Waals surface area contributed by atoms with E-state index in [1.165, 1.54) is 0 Å². The molecule has 0 saturated carbocycles. The summed E-state index contributed by atoms with van der Waals surface area (Å²) >= 11 is 6.12. The van der Waals surface area contributed by atoms with Gasteiger partial charge in [0.2, 0.25) is 0 Å². The Bertz CT molecular complexity index is 876. The van der Waals surface area contributed by atoms with Crippen LogP contribution in [0.3, 0.4) is 0 Å². The molecule has 0 radical (unpaired) electrons. The standard InChI is InChI=1S/C19H17ClN2O/c1-12-7-3-4-8-14(12)19(23)21-13(2)16-11-18(20)22-17-10-6-5-9-15(16)17/h3-11,13H,1-2H3,(H,21,23)/t13-/m1/s1. The lowest BCUT2D eigenvalue weighted by Crippen LogP contribution is -2.27. The Hall–Kier alpha value is -2.39. The summed E-state index contributed by atoms with van der Waals surface area (Å²) in [6, 6.07) is 17.0. The number of amides is 1. The first-order valence-electron chi connectivity index (χ1n) is 7.48. The van der Waals surface area contributed by atoms with Gasteiger partial charge in [-0.05, 0) is 43.2 Å². The van der Waals surface area contributed by atoms with Gasteiger partial charge in [-0.3, -0.25) is 4.79 Å². The maximum atomic E-state index is 12.5. The van der Waals surface area contributed by atoms with Crippen molar-refractivity contribution in [2.45, 2.75) is 19.9 Å². The van der Waals surface area contributed by atoms with Crippen molar-refractivity contribution in [3.63, 3.8) is 0 Å². The first-order chi connectivity index (χ1) is 11.1. The predicted octanol–water partition coefficient (Wildman–Crippen LogP) is 4.69. The van der Waals surface area contributed by atoms with Crippen LogP contribution in [0.25, 0.3) is 10.9 Å². The normalized spacial score (nSPS) is 12.1. The van der Waals surface area contributed by atoms with Gasteiger partial charge in [0.25, 0.3) is 5.91 Å². The number of carbonyl (C=O) groups excluding carboxylic acids is 1. The predicted molar refractivity (Wildman–Crippen MR) is 93.8 cm³/mol. The maximum Gasteiger partial charge on any atom is 0.252 e. The number of hydrogen-bond donors (Lipinski definition) is 1. The molecule has 1 N–H and O–H groups in total. The third kappa shape index (κ3) is 3.20. The summed E-state index contributed by atoms with van der Waals surface area (Å²) < 4.78 is 0. The number of benzene rings is 2. The second-order valence-corrected chi connectivity index (χ2v) is 5.95. The van der Waals surface area contributed by atoms with Crippen molar-refractivity contribution in [2.24, 2.45) is 0 Å². The number of carbonyl (C=O) groups is 1. The molecule has 3 rings (SSSR count). The van der Waals surface area contributed by atoms with Crippen molar-refractivity contribution in [1.82, 2.24) is 10.3 Å². The molecule has 1 atom stereocenters. The lowest BCUT2D eigenvalue weighted by molar-refractivity contribution is 0.0939. The number of pyridine rings is 1. The monoisotopic (exact) mass is 324 g/mol. The fourth-order valence-corrected chi connectivity index (χ4v) is 2.92. The first kappa shape index (κ1) is 15.5. The Morgan fingerprint density at radius 3 is 2.61 bits per heavy atom. The lowest BCUT2D eigenvalue weighted by atomic mass is 10.0. The van der Waals surface area contributed by atoms with E-state index < -0.39 is 0 Å². The van der Waals surface area contributed by atoms with Gasteiger partial charge in [-0.25, -0.2) is 4.98 Å². The van der Waals surface area contributed by atoms with Crippen LogP contribution >= 0.6 is 11.6 Å². The minimum atomic E-state index is -0.174. The van der Waals surface area contributed by atoms with Crippen molar-refractivity contribution < 1.29 is 4.79 Å². The van der Waals surface area contributed by atoms with Crippen LogP contribution in [0.2, 0.25) is 5.15 Å². The van der Waals surface area contributed by atoms with E-state index in [2.05, 4.69) is 10.3 Å². The number of nitrogens with zero attached hydrogens (tertiary/aromatic N) is 1. The van der Waals surface area contributed by atoms with Gasteiger partial charge < -0.3 is 5.32 Å². The molecule has 3 aromatic rings. The largest absolute Gasteiger partial charge is 0.345 e. The highest BCUT2D eigenvalue weighted by Crippen LogP contribution is 2.26. The molecule has 0 spiro atoms. The number of halogens is 1. The van der Waals surface area contributed by atoms with E-state index in [1.807, 2.05) is 68.4 Å². The molecule has 1 aromatic heterocycles. The highest BCUT2D eigenvalue weighted by molar-refractivity contribution is 6.30. The third-order valence-corrected chi connectivity index (χ3v) is 4.11. The van der Waals surface area contributed by atoms with Crippen LogP contribution in [0.5, 0.6) is 0 Å². The van der Waals surface area contributed by atoms with Gasteiger partial charge in [-0.2, -0.15) is 0 Å². The molecule has 116 valence electrons. The molecule has 1 heterocycles. The van der Waals surface area contributed by atoms with E-state index in [0.717, 1.165) is 22.0 Å². The average Bonchev–Trinajstić information content (AvgIpc) is 2.54. The van der Waals surface area contributed by atoms with Gasteiger partial charge in [0.05, 0.1) is 11.6 Å². The van der Waals surface area contributed by atoms with E-state index in [4.69, 9.17) is 11.6 Å². The highest BCUT2D eigenvalue weighted by atomic mass is 35.5. The van der Waals surface area contributed by atoms with Gasteiger partial charge in [-0.1, -0.05) is 48.0 Å². The molecule has 0 aliphatic heterocycles. The van der Waals surface area contributed by atoms with Crippen molar-refractivity contribution in [3.8, 4) is 0 Å². The number of fused-ring (bicyclic) bond motifs is 1. The molecule has 2 aromatic carbocycles. The fourth-order valence-electron chi connectivity index (χ4n) is 2.71. The zero-order chi connectivity index (χ0) is 16.4. The van der Waals surface area contributed by atoms with Crippen LogP contribution in [0.15, 0.2) is 54.6 Å². The minimum absolute atomic E-state index is 0.0902. The summed E-state index contributed by atoms with van der Waals surface area (Å²) in [5, 5.41) is 4.47. The Labute approximate surface area is 140 Å². The van der Waals surface area contributed by atoms with Gasteiger partial charge in [0.1, 0.15) is 5.15 Å². The van der Waals surface area contributed by atoms with Crippen molar-refractivity contribution in [2.75, 3.05) is 0 Å². The molecule has 0 fully saturated rings. The molecule has 0 aliphatic rings. The summed E-state index contributed by atoms with van der Waals surface area (Å²) in [4.78, 5) is 16.8. The molecule has 3 nitrogen and oxygen atoms in total. The number of rotatable bonds is 3. The second kappa shape index (κ2) is 6.39. The Morgan fingerprint density at radius 1 is 1.13 bits per heavy atom. The lowest BCUT2D eigenvalue weighted by Gasteiger charge is -2.17. The molecular formula is C19H17ClN2O. The number of para-hydroxylation sites is 1. The molecule has 0 bridgehead atoms. The van der Waals surface area contributed by atoms with Crippen molar-refractivity contribution in [3.05, 3.63) is 76.4 Å². The van der Waals surface area contributed by atoms with Gasteiger partial charge >= 0.3 is 0 Å². The molecule has 4 heteroatoms. The first-order valence-corrected chi connectivity index (χ1v) is 7.86. The van der Waals surface area contributed by atoms with Crippen LogP contribution in [-0.4, -0.2) is 10.9 Å². The van der Waals surface area contributed by atoms with E-state index in [0.29, 0.717) is 10.7 Å².